The molecule has 0 fully saturated rings. The summed E-state index contributed by atoms with van der Waals surface area (Å²) in [5.74, 6) is 0.0953. The molecule has 0 atom stereocenters. The standard InChI is InChI=1S/C16H12Cl3N5O/c1-2-13-22-15(16(25)21-9-6-7-12(19)20-8-9)23-24(13)14-10(17)4-3-5-11(14)18/h3-8H,2H2,1H3,(H,21,25). The highest BCUT2D eigenvalue weighted by atomic mass is 35.5. The minimum absolute atomic E-state index is 0.00258. The number of halogens is 3. The van der Waals surface area contributed by atoms with Crippen LogP contribution in [0.3, 0.4) is 0 Å². The van der Waals surface area contributed by atoms with Crippen LogP contribution in [-0.2, 0) is 6.42 Å². The molecule has 2 heterocycles. The summed E-state index contributed by atoms with van der Waals surface area (Å²) in [4.78, 5) is 20.6. The molecule has 25 heavy (non-hydrogen) atoms. The zero-order valence-electron chi connectivity index (χ0n) is 13.0. The predicted molar refractivity (Wildman–Crippen MR) is 98.0 cm³/mol. The number of aromatic nitrogens is 4. The molecule has 3 rings (SSSR count). The number of carbonyl (C=O) groups is 1. The van der Waals surface area contributed by atoms with Crippen LogP contribution < -0.4 is 5.32 Å². The first-order valence-electron chi connectivity index (χ1n) is 7.32. The van der Waals surface area contributed by atoms with Crippen LogP contribution in [0.4, 0.5) is 5.69 Å². The van der Waals surface area contributed by atoms with Crippen molar-refractivity contribution >= 4 is 46.4 Å². The molecule has 0 aliphatic rings. The summed E-state index contributed by atoms with van der Waals surface area (Å²) in [7, 11) is 0. The summed E-state index contributed by atoms with van der Waals surface area (Å²) in [6.07, 6.45) is 1.99. The van der Waals surface area contributed by atoms with E-state index in [1.54, 1.807) is 30.3 Å². The lowest BCUT2D eigenvalue weighted by Gasteiger charge is -2.08. The highest BCUT2D eigenvalue weighted by molar-refractivity contribution is 6.37. The molecule has 0 saturated carbocycles. The van der Waals surface area contributed by atoms with Gasteiger partial charge in [-0.1, -0.05) is 47.8 Å². The molecular formula is C16H12Cl3N5O. The van der Waals surface area contributed by atoms with E-state index in [1.165, 1.54) is 10.9 Å². The largest absolute Gasteiger partial charge is 0.318 e. The van der Waals surface area contributed by atoms with Crippen LogP contribution in [-0.4, -0.2) is 25.7 Å². The highest BCUT2D eigenvalue weighted by Crippen LogP contribution is 2.28. The molecule has 0 unspecified atom stereocenters. The van der Waals surface area contributed by atoms with Gasteiger partial charge in [-0.3, -0.25) is 4.79 Å². The van der Waals surface area contributed by atoms with Crippen LogP contribution >= 0.6 is 34.8 Å². The molecule has 1 amide bonds. The number of carbonyl (C=O) groups excluding carboxylic acids is 1. The van der Waals surface area contributed by atoms with E-state index in [9.17, 15) is 4.79 Å². The van der Waals surface area contributed by atoms with Gasteiger partial charge in [0.2, 0.25) is 5.82 Å². The maximum absolute atomic E-state index is 12.4. The summed E-state index contributed by atoms with van der Waals surface area (Å²) < 4.78 is 1.49. The fraction of sp³-hybridized carbons (Fsp3) is 0.125. The van der Waals surface area contributed by atoms with Crippen LogP contribution in [0.15, 0.2) is 36.5 Å². The van der Waals surface area contributed by atoms with Crippen LogP contribution in [0.1, 0.15) is 23.4 Å². The van der Waals surface area contributed by atoms with E-state index in [1.807, 2.05) is 6.92 Å². The van der Waals surface area contributed by atoms with Gasteiger partial charge in [-0.15, -0.1) is 5.10 Å². The Labute approximate surface area is 158 Å². The normalized spacial score (nSPS) is 10.7. The molecule has 0 radical (unpaired) electrons. The summed E-state index contributed by atoms with van der Waals surface area (Å²) in [5, 5.41) is 8.10. The molecule has 6 nitrogen and oxygen atoms in total. The number of nitrogens with one attached hydrogen (secondary N) is 1. The molecule has 0 saturated heterocycles. The van der Waals surface area contributed by atoms with Crippen molar-refractivity contribution in [2.24, 2.45) is 0 Å². The summed E-state index contributed by atoms with van der Waals surface area (Å²) >= 11 is 18.2. The lowest BCUT2D eigenvalue weighted by molar-refractivity contribution is 0.101. The van der Waals surface area contributed by atoms with Crippen molar-refractivity contribution in [1.29, 1.82) is 0 Å². The van der Waals surface area contributed by atoms with E-state index in [2.05, 4.69) is 20.4 Å². The minimum atomic E-state index is -0.472. The second-order valence-electron chi connectivity index (χ2n) is 5.01. The lowest BCUT2D eigenvalue weighted by atomic mass is 10.3. The molecule has 1 aromatic carbocycles. The molecule has 3 aromatic rings. The zero-order chi connectivity index (χ0) is 18.0. The van der Waals surface area contributed by atoms with Crippen molar-refractivity contribution < 1.29 is 4.79 Å². The third kappa shape index (κ3) is 3.76. The molecule has 128 valence electrons. The number of amides is 1. The van der Waals surface area contributed by atoms with Crippen LogP contribution in [0.25, 0.3) is 5.69 Å². The Morgan fingerprint density at radius 1 is 1.16 bits per heavy atom. The SMILES string of the molecule is CCc1nc(C(=O)Nc2ccc(Cl)nc2)nn1-c1c(Cl)cccc1Cl. The smallest absolute Gasteiger partial charge is 0.295 e. The van der Waals surface area contributed by atoms with E-state index in [0.717, 1.165) is 0 Å². The van der Waals surface area contributed by atoms with Gasteiger partial charge in [0.25, 0.3) is 5.91 Å². The van der Waals surface area contributed by atoms with Crippen LogP contribution in [0.2, 0.25) is 15.2 Å². The Morgan fingerprint density at radius 3 is 2.48 bits per heavy atom. The number of hydrogen-bond donors (Lipinski definition) is 1. The number of benzene rings is 1. The second-order valence-corrected chi connectivity index (χ2v) is 6.21. The number of para-hydroxylation sites is 1. The number of hydrogen-bond acceptors (Lipinski definition) is 4. The van der Waals surface area contributed by atoms with Gasteiger partial charge in [-0.05, 0) is 24.3 Å². The number of aryl methyl sites for hydroxylation is 1. The first-order chi connectivity index (χ1) is 12.0. The first-order valence-corrected chi connectivity index (χ1v) is 8.46. The second kappa shape index (κ2) is 7.39. The molecule has 0 aliphatic carbocycles. The van der Waals surface area contributed by atoms with E-state index in [0.29, 0.717) is 38.8 Å². The predicted octanol–water partition coefficient (Wildman–Crippen LogP) is 4.44. The molecular weight excluding hydrogens is 385 g/mol. The fourth-order valence-electron chi connectivity index (χ4n) is 2.18. The highest BCUT2D eigenvalue weighted by Gasteiger charge is 2.19. The van der Waals surface area contributed by atoms with Gasteiger partial charge in [0, 0.05) is 6.42 Å². The zero-order valence-corrected chi connectivity index (χ0v) is 15.3. The molecule has 0 aliphatic heterocycles. The van der Waals surface area contributed by atoms with E-state index in [4.69, 9.17) is 34.8 Å². The third-order valence-corrected chi connectivity index (χ3v) is 4.16. The average molecular weight is 397 g/mol. The summed E-state index contributed by atoms with van der Waals surface area (Å²) in [6, 6.07) is 8.34. The average Bonchev–Trinajstić information content (AvgIpc) is 3.01. The van der Waals surface area contributed by atoms with Gasteiger partial charge < -0.3 is 5.32 Å². The van der Waals surface area contributed by atoms with Gasteiger partial charge in [0.05, 0.1) is 21.9 Å². The van der Waals surface area contributed by atoms with Crippen molar-refractivity contribution in [2.45, 2.75) is 13.3 Å². The van der Waals surface area contributed by atoms with Gasteiger partial charge >= 0.3 is 0 Å². The van der Waals surface area contributed by atoms with Crippen molar-refractivity contribution in [3.8, 4) is 5.69 Å². The van der Waals surface area contributed by atoms with Gasteiger partial charge in [0.15, 0.2) is 0 Å². The molecule has 0 spiro atoms. The van der Waals surface area contributed by atoms with E-state index in [-0.39, 0.29) is 5.82 Å². The molecule has 2 aromatic heterocycles. The Balaban J connectivity index is 1.95. The van der Waals surface area contributed by atoms with Crippen LogP contribution in [0.5, 0.6) is 0 Å². The number of nitrogens with zero attached hydrogens (tertiary/aromatic N) is 4. The molecule has 1 N–H and O–H groups in total. The van der Waals surface area contributed by atoms with Gasteiger partial charge in [0.1, 0.15) is 16.7 Å². The molecule has 0 bridgehead atoms. The van der Waals surface area contributed by atoms with Crippen molar-refractivity contribution in [3.63, 3.8) is 0 Å². The maximum atomic E-state index is 12.4. The Morgan fingerprint density at radius 2 is 1.88 bits per heavy atom. The van der Waals surface area contributed by atoms with Crippen molar-refractivity contribution in [3.05, 3.63) is 63.4 Å². The quantitative estimate of drug-likeness (QED) is 0.662. The number of pyridine rings is 1. The Bertz CT molecular complexity index is 904. The fourth-order valence-corrected chi connectivity index (χ4v) is 2.85. The summed E-state index contributed by atoms with van der Waals surface area (Å²) in [5.41, 5.74) is 0.974. The lowest BCUT2D eigenvalue weighted by Crippen LogP contribution is -2.14. The van der Waals surface area contributed by atoms with Crippen LogP contribution in [0, 0.1) is 0 Å². The molecule has 9 heteroatoms. The minimum Gasteiger partial charge on any atom is -0.318 e. The summed E-state index contributed by atoms with van der Waals surface area (Å²) in [6.45, 7) is 1.90. The Hall–Kier alpha value is -2.15. The maximum Gasteiger partial charge on any atom is 0.295 e. The third-order valence-electron chi connectivity index (χ3n) is 3.33. The van der Waals surface area contributed by atoms with Crippen molar-refractivity contribution in [1.82, 2.24) is 19.7 Å². The van der Waals surface area contributed by atoms with Gasteiger partial charge in [-0.25, -0.2) is 14.6 Å². The van der Waals surface area contributed by atoms with Crippen molar-refractivity contribution in [2.75, 3.05) is 5.32 Å². The number of rotatable bonds is 4. The van der Waals surface area contributed by atoms with E-state index < -0.39 is 5.91 Å². The Kier molecular flexibility index (Phi) is 5.22. The first kappa shape index (κ1) is 17.7. The number of anilines is 1. The van der Waals surface area contributed by atoms with Gasteiger partial charge in [-0.2, -0.15) is 0 Å². The topological polar surface area (TPSA) is 72.7 Å². The monoisotopic (exact) mass is 395 g/mol. The van der Waals surface area contributed by atoms with E-state index >= 15 is 0 Å².